The first-order valence-corrected chi connectivity index (χ1v) is 7.95. The Labute approximate surface area is 127 Å². The van der Waals surface area contributed by atoms with Gasteiger partial charge in [-0.1, -0.05) is 37.3 Å². The molecule has 116 valence electrons. The van der Waals surface area contributed by atoms with E-state index in [1.165, 1.54) is 12.8 Å². The van der Waals surface area contributed by atoms with Gasteiger partial charge < -0.3 is 10.0 Å². The van der Waals surface area contributed by atoms with Gasteiger partial charge in [0.25, 0.3) is 0 Å². The fourth-order valence-electron chi connectivity index (χ4n) is 3.03. The van der Waals surface area contributed by atoms with Crippen LogP contribution < -0.4 is 5.32 Å². The van der Waals surface area contributed by atoms with Crippen molar-refractivity contribution < 1.29 is 9.90 Å². The van der Waals surface area contributed by atoms with E-state index in [9.17, 15) is 9.90 Å². The van der Waals surface area contributed by atoms with Gasteiger partial charge in [0, 0.05) is 6.54 Å². The predicted molar refractivity (Wildman–Crippen MR) is 84.3 cm³/mol. The van der Waals surface area contributed by atoms with E-state index in [-0.39, 0.29) is 0 Å². The number of aliphatic carboxylic acids is 1. The van der Waals surface area contributed by atoms with Crippen LogP contribution in [0.1, 0.15) is 38.2 Å². The summed E-state index contributed by atoms with van der Waals surface area (Å²) in [5, 5.41) is 13.2. The van der Waals surface area contributed by atoms with Crippen LogP contribution >= 0.6 is 0 Å². The summed E-state index contributed by atoms with van der Waals surface area (Å²) in [7, 11) is 0. The van der Waals surface area contributed by atoms with E-state index in [0.717, 1.165) is 31.6 Å². The second-order valence-electron chi connectivity index (χ2n) is 5.80. The Balaban J connectivity index is 2.19. The molecule has 1 unspecified atom stereocenters. The lowest BCUT2D eigenvalue weighted by atomic mass is 9.86. The summed E-state index contributed by atoms with van der Waals surface area (Å²) in [6.45, 7) is 5.79. The van der Waals surface area contributed by atoms with Crippen LogP contribution in [0.4, 0.5) is 0 Å². The largest absolute Gasteiger partial charge is 0.480 e. The zero-order valence-electron chi connectivity index (χ0n) is 12.8. The Bertz CT molecular complexity index is 443. The molecule has 1 aromatic rings. The molecule has 1 saturated heterocycles. The van der Waals surface area contributed by atoms with Crippen molar-refractivity contribution in [1.29, 1.82) is 0 Å². The molecular formula is C17H26N2O2. The van der Waals surface area contributed by atoms with Crippen LogP contribution in [0.3, 0.4) is 0 Å². The number of carboxylic acid groups (broad SMARTS) is 1. The molecule has 0 aromatic heterocycles. The van der Waals surface area contributed by atoms with Crippen molar-refractivity contribution in [3.63, 3.8) is 0 Å². The quantitative estimate of drug-likeness (QED) is 0.772. The molecule has 4 nitrogen and oxygen atoms in total. The van der Waals surface area contributed by atoms with Crippen LogP contribution in [0.25, 0.3) is 0 Å². The van der Waals surface area contributed by atoms with Crippen LogP contribution in [0.15, 0.2) is 30.3 Å². The third-order valence-electron chi connectivity index (χ3n) is 4.31. The lowest BCUT2D eigenvalue weighted by Gasteiger charge is -2.33. The monoisotopic (exact) mass is 290 g/mol. The van der Waals surface area contributed by atoms with Crippen molar-refractivity contribution in [3.8, 4) is 0 Å². The second-order valence-corrected chi connectivity index (χ2v) is 5.80. The minimum absolute atomic E-state index is 0.604. The van der Waals surface area contributed by atoms with Gasteiger partial charge in [0.1, 0.15) is 5.54 Å². The SMILES string of the molecule is CCCNC(CCN1CCCC1)(C(=O)O)c1ccccc1. The summed E-state index contributed by atoms with van der Waals surface area (Å²) in [6, 6.07) is 9.59. The second kappa shape index (κ2) is 7.57. The van der Waals surface area contributed by atoms with Crippen LogP contribution in [0.2, 0.25) is 0 Å². The van der Waals surface area contributed by atoms with E-state index in [4.69, 9.17) is 0 Å². The first kappa shape index (κ1) is 16.0. The minimum atomic E-state index is -0.972. The highest BCUT2D eigenvalue weighted by Gasteiger charge is 2.39. The molecule has 0 spiro atoms. The predicted octanol–water partition coefficient (Wildman–Crippen LogP) is 2.45. The summed E-state index contributed by atoms with van der Waals surface area (Å²) in [5.74, 6) is -0.777. The van der Waals surface area contributed by atoms with Crippen molar-refractivity contribution in [2.75, 3.05) is 26.2 Å². The van der Waals surface area contributed by atoms with Gasteiger partial charge in [0.05, 0.1) is 0 Å². The normalized spacial score (nSPS) is 18.5. The maximum absolute atomic E-state index is 12.1. The first-order chi connectivity index (χ1) is 10.2. The summed E-state index contributed by atoms with van der Waals surface area (Å²) < 4.78 is 0. The lowest BCUT2D eigenvalue weighted by molar-refractivity contribution is -0.146. The first-order valence-electron chi connectivity index (χ1n) is 7.95. The van der Waals surface area contributed by atoms with Gasteiger partial charge in [-0.25, -0.2) is 4.79 Å². The van der Waals surface area contributed by atoms with Crippen molar-refractivity contribution in [1.82, 2.24) is 10.2 Å². The molecule has 1 heterocycles. The Morgan fingerprint density at radius 1 is 1.29 bits per heavy atom. The molecule has 1 aromatic carbocycles. The Morgan fingerprint density at radius 2 is 1.95 bits per heavy atom. The van der Waals surface area contributed by atoms with E-state index in [2.05, 4.69) is 17.1 Å². The molecule has 21 heavy (non-hydrogen) atoms. The zero-order valence-corrected chi connectivity index (χ0v) is 12.8. The molecule has 0 aliphatic carbocycles. The van der Waals surface area contributed by atoms with E-state index in [1.54, 1.807) is 0 Å². The van der Waals surface area contributed by atoms with Gasteiger partial charge in [-0.3, -0.25) is 5.32 Å². The van der Waals surface area contributed by atoms with E-state index >= 15 is 0 Å². The van der Waals surface area contributed by atoms with Crippen molar-refractivity contribution in [2.24, 2.45) is 0 Å². The summed E-state index contributed by atoms with van der Waals surface area (Å²) in [6.07, 6.45) is 3.99. The van der Waals surface area contributed by atoms with Crippen LogP contribution in [0, 0.1) is 0 Å². The maximum Gasteiger partial charge on any atom is 0.328 e. The van der Waals surface area contributed by atoms with Crippen molar-refractivity contribution in [2.45, 2.75) is 38.1 Å². The molecule has 1 fully saturated rings. The van der Waals surface area contributed by atoms with Gasteiger partial charge in [-0.05, 0) is 50.9 Å². The molecule has 1 aliphatic heterocycles. The summed E-state index contributed by atoms with van der Waals surface area (Å²) >= 11 is 0. The van der Waals surface area contributed by atoms with Crippen LogP contribution in [0.5, 0.6) is 0 Å². The van der Waals surface area contributed by atoms with Gasteiger partial charge in [0.15, 0.2) is 0 Å². The number of carbonyl (C=O) groups is 1. The molecular weight excluding hydrogens is 264 g/mol. The highest BCUT2D eigenvalue weighted by atomic mass is 16.4. The average molecular weight is 290 g/mol. The minimum Gasteiger partial charge on any atom is -0.480 e. The number of hydrogen-bond acceptors (Lipinski definition) is 3. The highest BCUT2D eigenvalue weighted by molar-refractivity contribution is 5.80. The third kappa shape index (κ3) is 3.83. The topological polar surface area (TPSA) is 52.6 Å². The van der Waals surface area contributed by atoms with E-state index in [1.807, 2.05) is 30.3 Å². The molecule has 2 N–H and O–H groups in total. The number of likely N-dealkylation sites (tertiary alicyclic amines) is 1. The fraction of sp³-hybridized carbons (Fsp3) is 0.588. The fourth-order valence-corrected chi connectivity index (χ4v) is 3.03. The molecule has 0 saturated carbocycles. The lowest BCUT2D eigenvalue weighted by Crippen LogP contribution is -2.51. The van der Waals surface area contributed by atoms with Crippen LogP contribution in [-0.4, -0.2) is 42.2 Å². The standard InChI is InChI=1S/C17H26N2O2/c1-2-11-18-17(16(20)21,15-8-4-3-5-9-15)10-14-19-12-6-7-13-19/h3-5,8-9,18H,2,6-7,10-14H2,1H3,(H,20,21). The molecule has 0 amide bonds. The highest BCUT2D eigenvalue weighted by Crippen LogP contribution is 2.27. The zero-order chi connectivity index (χ0) is 15.1. The average Bonchev–Trinajstić information content (AvgIpc) is 3.02. The van der Waals surface area contributed by atoms with Gasteiger partial charge >= 0.3 is 5.97 Å². The van der Waals surface area contributed by atoms with Crippen molar-refractivity contribution in [3.05, 3.63) is 35.9 Å². The van der Waals surface area contributed by atoms with Gasteiger partial charge in [0.2, 0.25) is 0 Å². The Hall–Kier alpha value is -1.39. The molecule has 4 heteroatoms. The number of nitrogens with zero attached hydrogens (tertiary/aromatic N) is 1. The van der Waals surface area contributed by atoms with E-state index in [0.29, 0.717) is 13.0 Å². The number of carboxylic acids is 1. The number of nitrogens with one attached hydrogen (secondary N) is 1. The Kier molecular flexibility index (Phi) is 5.76. The summed E-state index contributed by atoms with van der Waals surface area (Å²) in [4.78, 5) is 14.4. The number of hydrogen-bond donors (Lipinski definition) is 2. The maximum atomic E-state index is 12.1. The number of benzene rings is 1. The van der Waals surface area contributed by atoms with Gasteiger partial charge in [-0.15, -0.1) is 0 Å². The van der Waals surface area contributed by atoms with Gasteiger partial charge in [-0.2, -0.15) is 0 Å². The van der Waals surface area contributed by atoms with Crippen molar-refractivity contribution >= 4 is 5.97 Å². The smallest absolute Gasteiger partial charge is 0.328 e. The number of rotatable bonds is 8. The summed E-state index contributed by atoms with van der Waals surface area (Å²) in [5.41, 5.74) is -0.120. The third-order valence-corrected chi connectivity index (χ3v) is 4.31. The van der Waals surface area contributed by atoms with Crippen LogP contribution in [-0.2, 0) is 10.3 Å². The van der Waals surface area contributed by atoms with E-state index < -0.39 is 11.5 Å². The Morgan fingerprint density at radius 3 is 2.52 bits per heavy atom. The molecule has 1 aliphatic rings. The molecule has 0 bridgehead atoms. The molecule has 2 rings (SSSR count). The molecule has 0 radical (unpaired) electrons. The molecule has 1 atom stereocenters.